The molecule has 3 nitrogen and oxygen atoms in total. The van der Waals surface area contributed by atoms with Gasteiger partial charge < -0.3 is 15.0 Å². The molecule has 0 radical (unpaired) electrons. The van der Waals surface area contributed by atoms with Crippen LogP contribution in [-0.4, -0.2) is 29.2 Å². The van der Waals surface area contributed by atoms with E-state index in [1.807, 2.05) is 18.2 Å². The first-order valence-electron chi connectivity index (χ1n) is 11.3. The Hall–Kier alpha value is -2.27. The van der Waals surface area contributed by atoms with Crippen molar-refractivity contribution in [3.63, 3.8) is 0 Å². The maximum Gasteiger partial charge on any atom is 0.265 e. The summed E-state index contributed by atoms with van der Waals surface area (Å²) in [5.41, 5.74) is 4.99. The van der Waals surface area contributed by atoms with Crippen molar-refractivity contribution in [2.24, 2.45) is 0 Å². The quantitative estimate of drug-likeness (QED) is 0.330. The highest BCUT2D eigenvalue weighted by Crippen LogP contribution is 2.41. The average Bonchev–Trinajstić information content (AvgIpc) is 3.07. The van der Waals surface area contributed by atoms with Gasteiger partial charge in [0.2, 0.25) is 0 Å². The third-order valence-electron chi connectivity index (χ3n) is 6.10. The van der Waals surface area contributed by atoms with E-state index < -0.39 is 0 Å². The van der Waals surface area contributed by atoms with E-state index in [-0.39, 0.29) is 6.04 Å². The summed E-state index contributed by atoms with van der Waals surface area (Å²) in [7, 11) is 0. The summed E-state index contributed by atoms with van der Waals surface area (Å²) >= 11 is 18.4. The highest BCUT2D eigenvalue weighted by Gasteiger charge is 2.34. The summed E-state index contributed by atoms with van der Waals surface area (Å²) in [5.74, 6) is 0.836. The SMILES string of the molecule is C=C/C=C(Cl)\C=C/CC1C2=C(CCN1C(=S)OC1=CCCCC=C1)c1cc(Cl)ccc1NC2. The van der Waals surface area contributed by atoms with Gasteiger partial charge in [0.25, 0.3) is 5.17 Å². The second-order valence-corrected chi connectivity index (χ2v) is 9.46. The zero-order chi connectivity index (χ0) is 23.2. The van der Waals surface area contributed by atoms with Crippen molar-refractivity contribution in [1.82, 2.24) is 4.90 Å². The Morgan fingerprint density at radius 3 is 3.06 bits per heavy atom. The molecule has 0 spiro atoms. The largest absolute Gasteiger partial charge is 0.432 e. The fourth-order valence-corrected chi connectivity index (χ4v) is 5.19. The fraction of sp³-hybridized carbons (Fsp3) is 0.296. The topological polar surface area (TPSA) is 24.5 Å². The van der Waals surface area contributed by atoms with Gasteiger partial charge >= 0.3 is 0 Å². The van der Waals surface area contributed by atoms with Crippen molar-refractivity contribution < 1.29 is 4.74 Å². The molecule has 0 fully saturated rings. The van der Waals surface area contributed by atoms with Gasteiger partial charge in [0.1, 0.15) is 5.76 Å². The zero-order valence-corrected chi connectivity index (χ0v) is 20.9. The normalized spacial score (nSPS) is 20.5. The second kappa shape index (κ2) is 11.2. The third-order valence-corrected chi connectivity index (χ3v) is 6.91. The Morgan fingerprint density at radius 1 is 1.33 bits per heavy atom. The highest BCUT2D eigenvalue weighted by molar-refractivity contribution is 7.80. The van der Waals surface area contributed by atoms with Crippen LogP contribution in [0.5, 0.6) is 0 Å². The number of halogens is 2. The smallest absolute Gasteiger partial charge is 0.265 e. The molecule has 2 heterocycles. The third kappa shape index (κ3) is 5.81. The van der Waals surface area contributed by atoms with Crippen molar-refractivity contribution in [2.45, 2.75) is 38.1 Å². The van der Waals surface area contributed by atoms with Gasteiger partial charge in [-0.05, 0) is 98.0 Å². The van der Waals surface area contributed by atoms with Gasteiger partial charge in [-0.1, -0.05) is 48.0 Å². The van der Waals surface area contributed by atoms with E-state index in [0.717, 1.165) is 61.7 Å². The second-order valence-electron chi connectivity index (χ2n) is 8.24. The van der Waals surface area contributed by atoms with Gasteiger partial charge in [-0.25, -0.2) is 0 Å². The molecule has 0 saturated heterocycles. The molecular formula is C27H28Cl2N2OS. The van der Waals surface area contributed by atoms with Crippen LogP contribution in [0, 0.1) is 0 Å². The summed E-state index contributed by atoms with van der Waals surface area (Å²) in [6, 6.07) is 6.11. The number of benzene rings is 1. The van der Waals surface area contributed by atoms with E-state index in [9.17, 15) is 0 Å². The number of allylic oxidation sites excluding steroid dienone is 7. The van der Waals surface area contributed by atoms with E-state index in [4.69, 9.17) is 40.2 Å². The van der Waals surface area contributed by atoms with Gasteiger partial charge in [-0.15, -0.1) is 0 Å². The molecule has 0 amide bonds. The molecule has 1 aliphatic carbocycles. The molecule has 2 aliphatic heterocycles. The van der Waals surface area contributed by atoms with Crippen LogP contribution in [0.4, 0.5) is 5.69 Å². The standard InChI is InChI=1S/C27H28Cl2N2OS/c1-2-8-19(28)9-7-12-26-24-18-30-25-14-13-20(29)17-23(25)22(24)15-16-31(26)27(33)32-21-10-5-3-4-6-11-21/h2,5,7-11,13-14,17,26,30H,1,3-4,6,12,15-16,18H2/b9-7-,19-8+. The molecule has 0 bridgehead atoms. The molecule has 1 atom stereocenters. The lowest BCUT2D eigenvalue weighted by Gasteiger charge is -2.42. The number of fused-ring (bicyclic) bond motifs is 2. The molecule has 1 aromatic rings. The van der Waals surface area contributed by atoms with Crippen LogP contribution in [0.3, 0.4) is 0 Å². The van der Waals surface area contributed by atoms with Crippen molar-refractivity contribution in [1.29, 1.82) is 0 Å². The van der Waals surface area contributed by atoms with Crippen LogP contribution in [0.25, 0.3) is 5.57 Å². The lowest BCUT2D eigenvalue weighted by atomic mass is 9.84. The fourth-order valence-electron chi connectivity index (χ4n) is 4.53. The number of anilines is 1. The summed E-state index contributed by atoms with van der Waals surface area (Å²) in [6.45, 7) is 5.26. The number of nitrogens with zero attached hydrogens (tertiary/aromatic N) is 1. The lowest BCUT2D eigenvalue weighted by Crippen LogP contribution is -2.47. The molecule has 4 rings (SSSR count). The molecule has 0 aromatic heterocycles. The number of thiocarbonyl (C=S) groups is 1. The Morgan fingerprint density at radius 2 is 2.21 bits per heavy atom. The lowest BCUT2D eigenvalue weighted by molar-refractivity contribution is 0.265. The maximum absolute atomic E-state index is 6.34. The first kappa shape index (κ1) is 23.9. The Kier molecular flexibility index (Phi) is 8.13. The minimum Gasteiger partial charge on any atom is -0.432 e. The molecule has 6 heteroatoms. The van der Waals surface area contributed by atoms with Crippen LogP contribution >= 0.6 is 35.4 Å². The van der Waals surface area contributed by atoms with Gasteiger partial charge in [0.15, 0.2) is 0 Å². The van der Waals surface area contributed by atoms with Crippen molar-refractivity contribution in [2.75, 3.05) is 18.4 Å². The number of hydrogen-bond donors (Lipinski definition) is 1. The van der Waals surface area contributed by atoms with Gasteiger partial charge in [-0.3, -0.25) is 0 Å². The van der Waals surface area contributed by atoms with Crippen LogP contribution in [0.15, 0.2) is 83.7 Å². The Balaban J connectivity index is 1.64. The van der Waals surface area contributed by atoms with Gasteiger partial charge in [0.05, 0.1) is 6.04 Å². The van der Waals surface area contributed by atoms with Crippen molar-refractivity contribution in [3.8, 4) is 0 Å². The molecule has 172 valence electrons. The van der Waals surface area contributed by atoms with E-state index >= 15 is 0 Å². The molecular weight excluding hydrogens is 471 g/mol. The highest BCUT2D eigenvalue weighted by atomic mass is 35.5. The molecule has 3 aliphatic rings. The minimum absolute atomic E-state index is 0.0701. The van der Waals surface area contributed by atoms with E-state index in [1.54, 1.807) is 12.2 Å². The first-order valence-corrected chi connectivity index (χ1v) is 12.5. The number of hydrogen-bond acceptors (Lipinski definition) is 3. The Bertz CT molecular complexity index is 1080. The number of nitrogens with one attached hydrogen (secondary N) is 1. The summed E-state index contributed by atoms with van der Waals surface area (Å²) in [6.07, 6.45) is 18.6. The molecule has 1 aromatic carbocycles. The van der Waals surface area contributed by atoms with Crippen molar-refractivity contribution in [3.05, 3.63) is 94.3 Å². The molecule has 33 heavy (non-hydrogen) atoms. The van der Waals surface area contributed by atoms with Crippen LogP contribution in [0.1, 0.15) is 37.7 Å². The van der Waals surface area contributed by atoms with Gasteiger partial charge in [0, 0.05) is 34.4 Å². The Labute approximate surface area is 211 Å². The van der Waals surface area contributed by atoms with E-state index in [0.29, 0.717) is 10.2 Å². The van der Waals surface area contributed by atoms with E-state index in [2.05, 4.69) is 47.2 Å². The molecule has 1 N–H and O–H groups in total. The monoisotopic (exact) mass is 498 g/mol. The van der Waals surface area contributed by atoms with E-state index in [1.165, 1.54) is 16.7 Å². The van der Waals surface area contributed by atoms with Gasteiger partial charge in [-0.2, -0.15) is 0 Å². The summed E-state index contributed by atoms with van der Waals surface area (Å²) < 4.78 is 6.17. The maximum atomic E-state index is 6.34. The molecule has 1 unspecified atom stereocenters. The first-order chi connectivity index (χ1) is 16.1. The predicted molar refractivity (Wildman–Crippen MR) is 145 cm³/mol. The van der Waals surface area contributed by atoms with Crippen LogP contribution in [-0.2, 0) is 4.74 Å². The van der Waals surface area contributed by atoms with Crippen LogP contribution in [0.2, 0.25) is 5.02 Å². The zero-order valence-electron chi connectivity index (χ0n) is 18.5. The summed E-state index contributed by atoms with van der Waals surface area (Å²) in [5, 5.41) is 5.47. The predicted octanol–water partition coefficient (Wildman–Crippen LogP) is 7.77. The number of ether oxygens (including phenoxy) is 1. The summed E-state index contributed by atoms with van der Waals surface area (Å²) in [4.78, 5) is 2.21. The molecule has 0 saturated carbocycles. The van der Waals surface area contributed by atoms with Crippen LogP contribution < -0.4 is 5.32 Å². The minimum atomic E-state index is 0.0701. The average molecular weight is 500 g/mol. The number of rotatable bonds is 5. The van der Waals surface area contributed by atoms with Crippen molar-refractivity contribution >= 4 is 51.9 Å².